The summed E-state index contributed by atoms with van der Waals surface area (Å²) in [5.74, 6) is 0.710. The molecule has 2 aromatic heterocycles. The molecule has 8 heteroatoms. The maximum absolute atomic E-state index is 12.7. The van der Waals surface area contributed by atoms with Crippen LogP contribution in [0.2, 0.25) is 0 Å². The first-order chi connectivity index (χ1) is 16.1. The summed E-state index contributed by atoms with van der Waals surface area (Å²) in [7, 11) is 0. The topological polar surface area (TPSA) is 71.5 Å². The number of likely N-dealkylation sites (tertiary alicyclic amines) is 1. The van der Waals surface area contributed by atoms with Crippen LogP contribution >= 0.6 is 22.7 Å². The highest BCUT2D eigenvalue weighted by atomic mass is 32.1. The molecule has 174 valence electrons. The van der Waals surface area contributed by atoms with Gasteiger partial charge < -0.3 is 15.0 Å². The maximum Gasteiger partial charge on any atom is 0.226 e. The molecule has 1 aromatic carbocycles. The van der Waals surface area contributed by atoms with Crippen molar-refractivity contribution in [1.29, 1.82) is 0 Å². The molecule has 0 saturated carbocycles. The molecule has 2 amide bonds. The van der Waals surface area contributed by atoms with Crippen LogP contribution in [0.15, 0.2) is 47.8 Å². The molecule has 1 aliphatic rings. The van der Waals surface area contributed by atoms with Gasteiger partial charge in [0.15, 0.2) is 0 Å². The number of hydrogen-bond donors (Lipinski definition) is 1. The van der Waals surface area contributed by atoms with Gasteiger partial charge in [0.1, 0.15) is 5.75 Å². The van der Waals surface area contributed by atoms with Gasteiger partial charge in [-0.2, -0.15) is 0 Å². The third-order valence-electron chi connectivity index (χ3n) is 5.68. The van der Waals surface area contributed by atoms with E-state index in [4.69, 9.17) is 4.74 Å². The van der Waals surface area contributed by atoms with Gasteiger partial charge >= 0.3 is 0 Å². The number of nitrogens with one attached hydrogen (secondary N) is 1. The molecule has 0 spiro atoms. The molecule has 0 aliphatic carbocycles. The van der Waals surface area contributed by atoms with Crippen LogP contribution in [-0.2, 0) is 16.0 Å². The number of carbonyl (C=O) groups excluding carboxylic acids is 2. The lowest BCUT2D eigenvalue weighted by Gasteiger charge is -2.32. The number of piperidine rings is 1. The van der Waals surface area contributed by atoms with Crippen molar-refractivity contribution in [2.45, 2.75) is 32.6 Å². The molecule has 1 saturated heterocycles. The number of carbonyl (C=O) groups is 2. The molecular formula is C25H29N3O3S2. The van der Waals surface area contributed by atoms with Gasteiger partial charge in [0.05, 0.1) is 34.5 Å². The lowest BCUT2D eigenvalue weighted by Crippen LogP contribution is -2.46. The predicted octanol–water partition coefficient (Wildman–Crippen LogP) is 4.55. The third-order valence-corrected chi connectivity index (χ3v) is 7.62. The summed E-state index contributed by atoms with van der Waals surface area (Å²) >= 11 is 3.38. The van der Waals surface area contributed by atoms with Crippen LogP contribution in [0, 0.1) is 12.8 Å². The average molecular weight is 484 g/mol. The van der Waals surface area contributed by atoms with Gasteiger partial charge in [0.2, 0.25) is 11.8 Å². The fourth-order valence-corrected chi connectivity index (χ4v) is 5.58. The van der Waals surface area contributed by atoms with E-state index in [0.717, 1.165) is 35.7 Å². The Bertz CT molecular complexity index is 1060. The number of thiophene rings is 1. The van der Waals surface area contributed by atoms with Gasteiger partial charge in [0, 0.05) is 29.9 Å². The number of rotatable bonds is 9. The van der Waals surface area contributed by atoms with Crippen LogP contribution in [0.5, 0.6) is 5.75 Å². The smallest absolute Gasteiger partial charge is 0.226 e. The maximum atomic E-state index is 12.7. The number of ether oxygens (including phenoxy) is 1. The number of benzene rings is 1. The van der Waals surface area contributed by atoms with E-state index in [1.54, 1.807) is 22.7 Å². The van der Waals surface area contributed by atoms with Gasteiger partial charge in [-0.15, -0.1) is 22.7 Å². The second-order valence-electron chi connectivity index (χ2n) is 8.15. The number of aryl methyl sites for hydroxylation is 1. The average Bonchev–Trinajstić information content (AvgIpc) is 3.49. The number of aromatic nitrogens is 1. The number of para-hydroxylation sites is 1. The van der Waals surface area contributed by atoms with Crippen LogP contribution in [-0.4, -0.2) is 47.9 Å². The summed E-state index contributed by atoms with van der Waals surface area (Å²) in [4.78, 5) is 34.0. The van der Waals surface area contributed by atoms with E-state index in [9.17, 15) is 9.59 Å². The van der Waals surface area contributed by atoms with Crippen LogP contribution in [0.25, 0.3) is 10.6 Å². The zero-order chi connectivity index (χ0) is 23.0. The van der Waals surface area contributed by atoms with Crippen LogP contribution in [0.1, 0.15) is 29.1 Å². The van der Waals surface area contributed by atoms with Crippen molar-refractivity contribution in [3.63, 3.8) is 0 Å². The Kier molecular flexibility index (Phi) is 8.12. The van der Waals surface area contributed by atoms with Gasteiger partial charge in [-0.1, -0.05) is 18.2 Å². The zero-order valence-corrected chi connectivity index (χ0v) is 20.4. The Labute approximate surface area is 202 Å². The van der Waals surface area contributed by atoms with Crippen molar-refractivity contribution < 1.29 is 14.3 Å². The highest BCUT2D eigenvalue weighted by molar-refractivity contribution is 7.16. The highest BCUT2D eigenvalue weighted by Crippen LogP contribution is 2.29. The quantitative estimate of drug-likeness (QED) is 0.485. The summed E-state index contributed by atoms with van der Waals surface area (Å²) in [6.45, 7) is 4.16. The first kappa shape index (κ1) is 23.4. The molecule has 1 N–H and O–H groups in total. The largest absolute Gasteiger partial charge is 0.493 e. The van der Waals surface area contributed by atoms with Gasteiger partial charge in [0.25, 0.3) is 0 Å². The van der Waals surface area contributed by atoms with E-state index >= 15 is 0 Å². The van der Waals surface area contributed by atoms with E-state index in [2.05, 4.69) is 27.8 Å². The lowest BCUT2D eigenvalue weighted by atomic mass is 9.97. The van der Waals surface area contributed by atoms with Crippen molar-refractivity contribution in [1.82, 2.24) is 15.2 Å². The Morgan fingerprint density at radius 3 is 2.85 bits per heavy atom. The predicted molar refractivity (Wildman–Crippen MR) is 133 cm³/mol. The lowest BCUT2D eigenvalue weighted by molar-refractivity contribution is -0.136. The molecule has 1 atom stereocenters. The van der Waals surface area contributed by atoms with Crippen LogP contribution in [0.3, 0.4) is 0 Å². The summed E-state index contributed by atoms with van der Waals surface area (Å²) in [6.07, 6.45) is 2.79. The molecule has 3 heterocycles. The monoisotopic (exact) mass is 483 g/mol. The minimum absolute atomic E-state index is 0.0416. The van der Waals surface area contributed by atoms with Crippen molar-refractivity contribution in [3.05, 3.63) is 57.7 Å². The van der Waals surface area contributed by atoms with Gasteiger partial charge in [-0.25, -0.2) is 4.98 Å². The number of thiazole rings is 1. The fourth-order valence-electron chi connectivity index (χ4n) is 3.93. The Morgan fingerprint density at radius 1 is 1.21 bits per heavy atom. The minimum atomic E-state index is -0.144. The van der Waals surface area contributed by atoms with E-state index in [0.29, 0.717) is 32.7 Å². The van der Waals surface area contributed by atoms with Crippen LogP contribution < -0.4 is 10.1 Å². The van der Waals surface area contributed by atoms with E-state index < -0.39 is 0 Å². The second-order valence-corrected chi connectivity index (χ2v) is 10.4. The molecule has 1 fully saturated rings. The molecular weight excluding hydrogens is 454 g/mol. The molecule has 6 nitrogen and oxygen atoms in total. The summed E-state index contributed by atoms with van der Waals surface area (Å²) in [5, 5.41) is 6.22. The minimum Gasteiger partial charge on any atom is -0.493 e. The summed E-state index contributed by atoms with van der Waals surface area (Å²) < 4.78 is 5.64. The normalized spacial score (nSPS) is 15.9. The third kappa shape index (κ3) is 6.65. The summed E-state index contributed by atoms with van der Waals surface area (Å²) in [5.41, 5.74) is 1.03. The van der Waals surface area contributed by atoms with Gasteiger partial charge in [-0.3, -0.25) is 9.59 Å². The molecule has 0 bridgehead atoms. The van der Waals surface area contributed by atoms with E-state index in [-0.39, 0.29) is 17.7 Å². The van der Waals surface area contributed by atoms with Crippen molar-refractivity contribution in [2.75, 3.05) is 26.2 Å². The Hall–Kier alpha value is -2.71. The molecule has 1 unspecified atom stereocenters. The molecule has 1 aliphatic heterocycles. The summed E-state index contributed by atoms with van der Waals surface area (Å²) in [6, 6.07) is 13.7. The Morgan fingerprint density at radius 2 is 2.06 bits per heavy atom. The van der Waals surface area contributed by atoms with Crippen molar-refractivity contribution in [3.8, 4) is 16.3 Å². The molecule has 4 rings (SSSR count). The number of amides is 2. The Balaban J connectivity index is 1.18. The van der Waals surface area contributed by atoms with Crippen molar-refractivity contribution in [2.24, 2.45) is 5.92 Å². The second kappa shape index (κ2) is 11.4. The van der Waals surface area contributed by atoms with E-state index in [1.165, 1.54) is 9.75 Å². The molecule has 3 aromatic rings. The first-order valence-electron chi connectivity index (χ1n) is 11.3. The fraction of sp³-hybridized carbons (Fsp3) is 0.400. The molecule has 0 radical (unpaired) electrons. The van der Waals surface area contributed by atoms with E-state index in [1.807, 2.05) is 42.2 Å². The number of hydrogen-bond acceptors (Lipinski definition) is 6. The number of nitrogens with zero attached hydrogens (tertiary/aromatic N) is 2. The molecule has 33 heavy (non-hydrogen) atoms. The highest BCUT2D eigenvalue weighted by Gasteiger charge is 2.28. The van der Waals surface area contributed by atoms with Crippen LogP contribution in [0.4, 0.5) is 0 Å². The van der Waals surface area contributed by atoms with Gasteiger partial charge in [-0.05, 0) is 50.5 Å². The standard InChI is InChI=1S/C25H29N3O3S2/c1-18-27-22(17-32-18)23-10-9-21(33-23)11-13-26-25(30)19-6-5-14-28(16-19)24(29)12-15-31-20-7-3-2-4-8-20/h2-4,7-10,17,19H,5-6,11-16H2,1H3,(H,26,30). The van der Waals surface area contributed by atoms with Crippen molar-refractivity contribution >= 4 is 34.5 Å². The zero-order valence-electron chi connectivity index (χ0n) is 18.8. The first-order valence-corrected chi connectivity index (χ1v) is 13.0. The SMILES string of the molecule is Cc1nc(-c2ccc(CCNC(=O)C3CCCN(C(=O)CCOc4ccccc4)C3)s2)cs1.